The largest absolute Gasteiger partial charge is 0.509 e. The Bertz CT molecular complexity index is 179. The van der Waals surface area contributed by atoms with Gasteiger partial charge in [0.1, 0.15) is 12.7 Å². The second-order valence-corrected chi connectivity index (χ2v) is 2.37. The van der Waals surface area contributed by atoms with Crippen molar-refractivity contribution in [3.63, 3.8) is 0 Å². The topological polar surface area (TPSA) is 61.8 Å². The van der Waals surface area contributed by atoms with Crippen LogP contribution in [0, 0.1) is 0 Å². The first-order chi connectivity index (χ1) is 5.77. The Labute approximate surface area is 69.6 Å². The summed E-state index contributed by atoms with van der Waals surface area (Å²) in [6, 6.07) is 0. The zero-order valence-electron chi connectivity index (χ0n) is 6.61. The number of hydrogen-bond donors (Lipinski definition) is 0. The van der Waals surface area contributed by atoms with Crippen LogP contribution >= 0.6 is 0 Å². The number of ether oxygens (including phenoxy) is 3. The van der Waals surface area contributed by atoms with E-state index in [0.29, 0.717) is 6.42 Å². The van der Waals surface area contributed by atoms with Gasteiger partial charge < -0.3 is 14.2 Å². The normalized spacial score (nSPS) is 27.6. The Morgan fingerprint density at radius 2 is 2.17 bits per heavy atom. The minimum Gasteiger partial charge on any atom is -0.453 e. The Morgan fingerprint density at radius 1 is 1.50 bits per heavy atom. The van der Waals surface area contributed by atoms with Gasteiger partial charge in [0, 0.05) is 0 Å². The molecule has 0 aromatic carbocycles. The first-order valence-electron chi connectivity index (χ1n) is 3.64. The average Bonchev–Trinajstić information content (AvgIpc) is 2.42. The lowest BCUT2D eigenvalue weighted by Gasteiger charge is -2.10. The summed E-state index contributed by atoms with van der Waals surface area (Å²) in [5.41, 5.74) is 0. The molecule has 5 nitrogen and oxygen atoms in total. The smallest absolute Gasteiger partial charge is 0.453 e. The molecule has 1 aliphatic rings. The first kappa shape index (κ1) is 8.83. The standard InChI is InChI=1S/C7H9O5/c1-2-5-6(3-10-4-8)12-7(9)11-5/h5-6H,2-3H2,1H3. The fourth-order valence-corrected chi connectivity index (χ4v) is 1.03. The van der Waals surface area contributed by atoms with E-state index in [1.807, 2.05) is 6.92 Å². The molecule has 0 amide bonds. The van der Waals surface area contributed by atoms with Crippen molar-refractivity contribution in [2.24, 2.45) is 0 Å². The predicted octanol–water partition coefficient (Wildman–Crippen LogP) is 0.384. The third-order valence-corrected chi connectivity index (χ3v) is 1.62. The van der Waals surface area contributed by atoms with Crippen LogP contribution in [0.15, 0.2) is 0 Å². The summed E-state index contributed by atoms with van der Waals surface area (Å²) in [4.78, 5) is 20.3. The highest BCUT2D eigenvalue weighted by Crippen LogP contribution is 2.17. The maximum Gasteiger partial charge on any atom is 0.509 e. The molecule has 12 heavy (non-hydrogen) atoms. The van der Waals surface area contributed by atoms with Crippen molar-refractivity contribution in [2.45, 2.75) is 25.6 Å². The molecular weight excluding hydrogens is 164 g/mol. The Balaban J connectivity index is 2.40. The van der Waals surface area contributed by atoms with Gasteiger partial charge in [0.25, 0.3) is 0 Å². The number of rotatable bonds is 4. The fourth-order valence-electron chi connectivity index (χ4n) is 1.03. The van der Waals surface area contributed by atoms with Gasteiger partial charge in [-0.1, -0.05) is 6.92 Å². The summed E-state index contributed by atoms with van der Waals surface area (Å²) in [7, 11) is 0. The van der Waals surface area contributed by atoms with Crippen molar-refractivity contribution < 1.29 is 23.8 Å². The second kappa shape index (κ2) is 3.94. The lowest BCUT2D eigenvalue weighted by Crippen LogP contribution is -2.26. The molecule has 1 fully saturated rings. The number of hydrogen-bond acceptors (Lipinski definition) is 5. The number of carbonyl (C=O) groups excluding carboxylic acids is 2. The Kier molecular flexibility index (Phi) is 2.90. The van der Waals surface area contributed by atoms with E-state index in [0.717, 1.165) is 0 Å². The molecule has 1 rings (SSSR count). The summed E-state index contributed by atoms with van der Waals surface area (Å²) in [5, 5.41) is 0. The molecule has 1 radical (unpaired) electrons. The average molecular weight is 173 g/mol. The minimum absolute atomic E-state index is 0.00769. The molecule has 5 heteroatoms. The SMILES string of the molecule is CCC1OC(=O)OC1CO[C]=O. The molecule has 0 saturated carbocycles. The van der Waals surface area contributed by atoms with Crippen LogP contribution in [0.2, 0.25) is 0 Å². The molecule has 0 aliphatic carbocycles. The molecule has 0 aromatic rings. The van der Waals surface area contributed by atoms with Crippen molar-refractivity contribution in [1.82, 2.24) is 0 Å². The van der Waals surface area contributed by atoms with Crippen LogP contribution in [-0.2, 0) is 19.0 Å². The number of carbonyl (C=O) groups is 1. The van der Waals surface area contributed by atoms with Gasteiger partial charge in [-0.05, 0) is 6.42 Å². The summed E-state index contributed by atoms with van der Waals surface area (Å²) < 4.78 is 13.8. The summed E-state index contributed by atoms with van der Waals surface area (Å²) >= 11 is 0. The second-order valence-electron chi connectivity index (χ2n) is 2.37. The van der Waals surface area contributed by atoms with Crippen LogP contribution in [-0.4, -0.2) is 31.4 Å². The van der Waals surface area contributed by atoms with Crippen molar-refractivity contribution in [2.75, 3.05) is 6.61 Å². The highest BCUT2D eigenvalue weighted by atomic mass is 16.8. The fraction of sp³-hybridized carbons (Fsp3) is 0.714. The molecule has 0 aromatic heterocycles. The molecular formula is C7H9O5. The quantitative estimate of drug-likeness (QED) is 0.575. The van der Waals surface area contributed by atoms with Crippen LogP contribution in [0.4, 0.5) is 4.79 Å². The summed E-state index contributed by atoms with van der Waals surface area (Å²) in [5.74, 6) is 0. The maximum atomic E-state index is 10.6. The molecule has 1 aliphatic heterocycles. The van der Waals surface area contributed by atoms with E-state index in [9.17, 15) is 9.59 Å². The van der Waals surface area contributed by atoms with E-state index in [-0.39, 0.29) is 12.7 Å². The van der Waals surface area contributed by atoms with Crippen molar-refractivity contribution >= 4 is 12.6 Å². The van der Waals surface area contributed by atoms with Crippen LogP contribution in [0.3, 0.4) is 0 Å². The third kappa shape index (κ3) is 1.87. The predicted molar refractivity (Wildman–Crippen MR) is 37.1 cm³/mol. The van der Waals surface area contributed by atoms with Crippen LogP contribution in [0.5, 0.6) is 0 Å². The van der Waals surface area contributed by atoms with E-state index in [1.165, 1.54) is 6.47 Å². The highest BCUT2D eigenvalue weighted by Gasteiger charge is 2.35. The molecule has 67 valence electrons. The zero-order chi connectivity index (χ0) is 8.97. The van der Waals surface area contributed by atoms with E-state index in [2.05, 4.69) is 4.74 Å². The van der Waals surface area contributed by atoms with Crippen LogP contribution in [0.1, 0.15) is 13.3 Å². The molecule has 1 heterocycles. The van der Waals surface area contributed by atoms with Gasteiger partial charge in [-0.25, -0.2) is 9.59 Å². The molecule has 1 saturated heterocycles. The molecule has 2 unspecified atom stereocenters. The molecule has 0 spiro atoms. The van der Waals surface area contributed by atoms with Crippen LogP contribution < -0.4 is 0 Å². The maximum absolute atomic E-state index is 10.6. The van der Waals surface area contributed by atoms with E-state index < -0.39 is 12.3 Å². The van der Waals surface area contributed by atoms with Gasteiger partial charge in [-0.3, -0.25) is 0 Å². The van der Waals surface area contributed by atoms with Gasteiger partial charge in [0.05, 0.1) is 0 Å². The van der Waals surface area contributed by atoms with Gasteiger partial charge in [0.15, 0.2) is 6.10 Å². The zero-order valence-corrected chi connectivity index (χ0v) is 6.61. The number of cyclic esters (lactones) is 2. The van der Waals surface area contributed by atoms with Gasteiger partial charge in [0.2, 0.25) is 0 Å². The summed E-state index contributed by atoms with van der Waals surface area (Å²) in [6.45, 7) is 3.12. The first-order valence-corrected chi connectivity index (χ1v) is 3.64. The van der Waals surface area contributed by atoms with Crippen molar-refractivity contribution in [3.05, 3.63) is 0 Å². The van der Waals surface area contributed by atoms with Crippen molar-refractivity contribution in [1.29, 1.82) is 0 Å². The molecule has 2 atom stereocenters. The molecule has 0 bridgehead atoms. The van der Waals surface area contributed by atoms with E-state index >= 15 is 0 Å². The Hall–Kier alpha value is -1.26. The lowest BCUT2D eigenvalue weighted by atomic mass is 10.2. The van der Waals surface area contributed by atoms with Gasteiger partial charge >= 0.3 is 12.6 Å². The monoisotopic (exact) mass is 173 g/mol. The van der Waals surface area contributed by atoms with Gasteiger partial charge in [-0.15, -0.1) is 0 Å². The van der Waals surface area contributed by atoms with Crippen LogP contribution in [0.25, 0.3) is 0 Å². The molecule has 0 N–H and O–H groups in total. The highest BCUT2D eigenvalue weighted by molar-refractivity contribution is 5.62. The van der Waals surface area contributed by atoms with Crippen molar-refractivity contribution in [3.8, 4) is 0 Å². The third-order valence-electron chi connectivity index (χ3n) is 1.62. The van der Waals surface area contributed by atoms with E-state index in [1.54, 1.807) is 0 Å². The summed E-state index contributed by atoms with van der Waals surface area (Å²) in [6.07, 6.45) is -0.866. The minimum atomic E-state index is -0.707. The lowest BCUT2D eigenvalue weighted by molar-refractivity contribution is 0.0839. The van der Waals surface area contributed by atoms with E-state index in [4.69, 9.17) is 9.47 Å². The van der Waals surface area contributed by atoms with Gasteiger partial charge in [-0.2, -0.15) is 0 Å². The Morgan fingerprint density at radius 3 is 2.75 bits per heavy atom.